The van der Waals surface area contributed by atoms with E-state index in [2.05, 4.69) is 11.9 Å². The summed E-state index contributed by atoms with van der Waals surface area (Å²) in [5, 5.41) is 11.4. The highest BCUT2D eigenvalue weighted by Gasteiger charge is 1.96. The molecule has 0 heterocycles. The molecule has 0 fully saturated rings. The Morgan fingerprint density at radius 2 is 2.29 bits per heavy atom. The minimum absolute atomic E-state index is 0.0139. The predicted octanol–water partition coefficient (Wildman–Crippen LogP) is 0.666. The molecule has 0 amide bonds. The van der Waals surface area contributed by atoms with Crippen LogP contribution >= 0.6 is 0 Å². The zero-order chi connectivity index (χ0) is 5.86. The number of nitrogens with one attached hydrogen (secondary N) is 1. The van der Waals surface area contributed by atoms with Crippen LogP contribution in [0.1, 0.15) is 6.92 Å². The van der Waals surface area contributed by atoms with E-state index in [-0.39, 0.29) is 11.8 Å². The fourth-order valence-corrected chi connectivity index (χ4v) is 0.167. The van der Waals surface area contributed by atoms with Crippen LogP contribution in [0.15, 0.2) is 12.3 Å². The van der Waals surface area contributed by atoms with Gasteiger partial charge in [-0.15, -0.1) is 0 Å². The molecule has 42 valence electrons. The van der Waals surface area contributed by atoms with Gasteiger partial charge < -0.3 is 10.4 Å². The molecule has 0 aliphatic heterocycles. The summed E-state index contributed by atoms with van der Waals surface area (Å²) in [5.74, 6) is 0.183. The lowest BCUT2D eigenvalue weighted by molar-refractivity contribution is 0.360. The monoisotopic (exact) mass is 101 g/mol. The molecule has 7 heavy (non-hydrogen) atoms. The quantitative estimate of drug-likeness (QED) is 0.501. The second-order valence-electron chi connectivity index (χ2n) is 1.50. The smallest absolute Gasteiger partial charge is 0.102 e. The van der Waals surface area contributed by atoms with Crippen molar-refractivity contribution < 1.29 is 5.11 Å². The molecule has 0 radical (unpaired) electrons. The van der Waals surface area contributed by atoms with E-state index < -0.39 is 0 Å². The lowest BCUT2D eigenvalue weighted by Gasteiger charge is -2.05. The van der Waals surface area contributed by atoms with E-state index in [4.69, 9.17) is 5.11 Å². The summed E-state index contributed by atoms with van der Waals surface area (Å²) in [5.41, 5.74) is 0. The molecule has 0 unspecified atom stereocenters. The van der Waals surface area contributed by atoms with Crippen molar-refractivity contribution in [3.05, 3.63) is 12.3 Å². The van der Waals surface area contributed by atoms with E-state index in [0.717, 1.165) is 0 Å². The van der Waals surface area contributed by atoms with Gasteiger partial charge in [0.15, 0.2) is 0 Å². The fraction of sp³-hybridized carbons (Fsp3) is 0.600. The van der Waals surface area contributed by atoms with Crippen LogP contribution in [0.25, 0.3) is 0 Å². The highest BCUT2D eigenvalue weighted by Crippen LogP contribution is 1.88. The van der Waals surface area contributed by atoms with Crippen molar-refractivity contribution in [2.24, 2.45) is 0 Å². The number of likely N-dealkylation sites (N-methyl/N-ethyl adjacent to an activating group) is 1. The van der Waals surface area contributed by atoms with Gasteiger partial charge in [-0.05, 0) is 14.0 Å². The molecule has 0 bridgehead atoms. The maximum Gasteiger partial charge on any atom is 0.102 e. The van der Waals surface area contributed by atoms with Crippen molar-refractivity contribution in [3.8, 4) is 0 Å². The highest BCUT2D eigenvalue weighted by molar-refractivity contribution is 4.89. The standard InChI is InChI=1S/C5H11NO/c1-4(6-3)5(2)7/h4,6-7H,2H2,1,3H3/t4-/m1/s1. The molecule has 0 aromatic rings. The fourth-order valence-electron chi connectivity index (χ4n) is 0.167. The van der Waals surface area contributed by atoms with Gasteiger partial charge in [0.2, 0.25) is 0 Å². The lowest BCUT2D eigenvalue weighted by atomic mass is 10.3. The van der Waals surface area contributed by atoms with E-state index in [9.17, 15) is 0 Å². The van der Waals surface area contributed by atoms with Crippen molar-refractivity contribution in [2.75, 3.05) is 7.05 Å². The molecule has 2 N–H and O–H groups in total. The van der Waals surface area contributed by atoms with E-state index in [1.807, 2.05) is 6.92 Å². The second-order valence-corrected chi connectivity index (χ2v) is 1.50. The van der Waals surface area contributed by atoms with E-state index in [0.29, 0.717) is 0 Å². The van der Waals surface area contributed by atoms with Crippen molar-refractivity contribution >= 4 is 0 Å². The maximum absolute atomic E-state index is 8.56. The molecule has 0 spiro atoms. The molecule has 0 saturated carbocycles. The molecular formula is C5H11NO. The van der Waals surface area contributed by atoms with Crippen molar-refractivity contribution in [3.63, 3.8) is 0 Å². The summed E-state index contributed by atoms with van der Waals surface area (Å²) in [6.45, 7) is 5.15. The van der Waals surface area contributed by atoms with Gasteiger partial charge in [-0.1, -0.05) is 6.58 Å². The first kappa shape index (κ1) is 6.50. The minimum Gasteiger partial charge on any atom is -0.511 e. The average molecular weight is 101 g/mol. The molecule has 0 aromatic heterocycles. The topological polar surface area (TPSA) is 32.3 Å². The number of rotatable bonds is 2. The van der Waals surface area contributed by atoms with Crippen LogP contribution in [0.2, 0.25) is 0 Å². The highest BCUT2D eigenvalue weighted by atomic mass is 16.3. The molecule has 2 nitrogen and oxygen atoms in total. The van der Waals surface area contributed by atoms with E-state index >= 15 is 0 Å². The summed E-state index contributed by atoms with van der Waals surface area (Å²) < 4.78 is 0. The summed E-state index contributed by atoms with van der Waals surface area (Å²) in [4.78, 5) is 0. The SMILES string of the molecule is C=C(O)[C@@H](C)NC. The maximum atomic E-state index is 8.56. The van der Waals surface area contributed by atoms with Crippen LogP contribution in [0.4, 0.5) is 0 Å². The van der Waals surface area contributed by atoms with Crippen LogP contribution in [0.5, 0.6) is 0 Å². The first-order valence-electron chi connectivity index (χ1n) is 2.23. The average Bonchev–Trinajstić information content (AvgIpc) is 1.65. The predicted molar refractivity (Wildman–Crippen MR) is 30.3 cm³/mol. The summed E-state index contributed by atoms with van der Waals surface area (Å²) >= 11 is 0. The van der Waals surface area contributed by atoms with Crippen LogP contribution in [-0.2, 0) is 0 Å². The Bertz CT molecular complexity index is 70.5. The van der Waals surface area contributed by atoms with E-state index in [1.54, 1.807) is 7.05 Å². The van der Waals surface area contributed by atoms with Crippen LogP contribution in [0, 0.1) is 0 Å². The Morgan fingerprint density at radius 1 is 1.86 bits per heavy atom. The van der Waals surface area contributed by atoms with E-state index in [1.165, 1.54) is 0 Å². The summed E-state index contributed by atoms with van der Waals surface area (Å²) in [7, 11) is 1.77. The molecule has 0 aliphatic carbocycles. The first-order chi connectivity index (χ1) is 3.18. The van der Waals surface area contributed by atoms with Gasteiger partial charge in [0.25, 0.3) is 0 Å². The number of aliphatic hydroxyl groups is 1. The van der Waals surface area contributed by atoms with Crippen LogP contribution in [-0.4, -0.2) is 18.2 Å². The third-order valence-electron chi connectivity index (χ3n) is 0.933. The van der Waals surface area contributed by atoms with Gasteiger partial charge >= 0.3 is 0 Å². The Hall–Kier alpha value is -0.500. The number of aliphatic hydroxyl groups excluding tert-OH is 1. The number of hydrogen-bond acceptors (Lipinski definition) is 2. The van der Waals surface area contributed by atoms with Gasteiger partial charge in [-0.3, -0.25) is 0 Å². The third-order valence-corrected chi connectivity index (χ3v) is 0.933. The molecule has 2 heteroatoms. The van der Waals surface area contributed by atoms with Gasteiger partial charge in [0, 0.05) is 0 Å². The molecule has 0 aliphatic rings. The zero-order valence-electron chi connectivity index (χ0n) is 4.73. The largest absolute Gasteiger partial charge is 0.511 e. The van der Waals surface area contributed by atoms with Crippen LogP contribution in [0.3, 0.4) is 0 Å². The number of hydrogen-bond donors (Lipinski definition) is 2. The minimum atomic E-state index is 0.0139. The van der Waals surface area contributed by atoms with Crippen molar-refractivity contribution in [2.45, 2.75) is 13.0 Å². The van der Waals surface area contributed by atoms with Gasteiger partial charge in [0.1, 0.15) is 5.76 Å². The first-order valence-corrected chi connectivity index (χ1v) is 2.23. The van der Waals surface area contributed by atoms with Crippen molar-refractivity contribution in [1.82, 2.24) is 5.32 Å². The molecule has 0 saturated heterocycles. The Morgan fingerprint density at radius 3 is 2.29 bits per heavy atom. The molecule has 0 rings (SSSR count). The van der Waals surface area contributed by atoms with Gasteiger partial charge in [-0.2, -0.15) is 0 Å². The third kappa shape index (κ3) is 2.23. The second kappa shape index (κ2) is 2.64. The molecular weight excluding hydrogens is 90.1 g/mol. The Balaban J connectivity index is 3.34. The van der Waals surface area contributed by atoms with Crippen LogP contribution < -0.4 is 5.32 Å². The Kier molecular flexibility index (Phi) is 2.45. The molecule has 1 atom stereocenters. The molecule has 0 aromatic carbocycles. The van der Waals surface area contributed by atoms with Gasteiger partial charge in [-0.25, -0.2) is 0 Å². The van der Waals surface area contributed by atoms with Gasteiger partial charge in [0.05, 0.1) is 6.04 Å². The lowest BCUT2D eigenvalue weighted by Crippen LogP contribution is -2.22. The zero-order valence-corrected chi connectivity index (χ0v) is 4.73. The summed E-state index contributed by atoms with van der Waals surface area (Å²) in [6.07, 6.45) is 0. The van der Waals surface area contributed by atoms with Crippen molar-refractivity contribution in [1.29, 1.82) is 0 Å². The normalized spacial score (nSPS) is 13.4. The summed E-state index contributed by atoms with van der Waals surface area (Å²) in [6, 6.07) is 0.0139. The Labute approximate surface area is 43.9 Å².